The van der Waals surface area contributed by atoms with Gasteiger partial charge < -0.3 is 14.8 Å². The zero-order valence-corrected chi connectivity index (χ0v) is 18.2. The maximum Gasteiger partial charge on any atom is 0.234 e. The Kier molecular flexibility index (Phi) is 6.50. The van der Waals surface area contributed by atoms with Crippen molar-refractivity contribution in [2.24, 2.45) is 0 Å². The van der Waals surface area contributed by atoms with E-state index in [-0.39, 0.29) is 11.9 Å². The van der Waals surface area contributed by atoms with Gasteiger partial charge in [-0.3, -0.25) is 9.69 Å². The number of aromatic nitrogens is 1. The fraction of sp³-hybridized carbons (Fsp3) is 0.391. The maximum absolute atomic E-state index is 12.6. The highest BCUT2D eigenvalue weighted by molar-refractivity contribution is 7.18. The Labute approximate surface area is 180 Å². The Morgan fingerprint density at radius 2 is 2.10 bits per heavy atom. The number of rotatable bonds is 8. The third-order valence-corrected chi connectivity index (χ3v) is 6.61. The van der Waals surface area contributed by atoms with Crippen molar-refractivity contribution in [1.29, 1.82) is 0 Å². The minimum absolute atomic E-state index is 0.0514. The second kappa shape index (κ2) is 9.45. The van der Waals surface area contributed by atoms with Crippen molar-refractivity contribution in [2.45, 2.75) is 25.3 Å². The number of hydrogen-bond acceptors (Lipinski definition) is 6. The fourth-order valence-electron chi connectivity index (χ4n) is 4.04. The van der Waals surface area contributed by atoms with Gasteiger partial charge in [-0.25, -0.2) is 4.98 Å². The van der Waals surface area contributed by atoms with E-state index in [9.17, 15) is 4.79 Å². The van der Waals surface area contributed by atoms with Gasteiger partial charge in [0.1, 0.15) is 11.5 Å². The molecule has 0 radical (unpaired) electrons. The highest BCUT2D eigenvalue weighted by Crippen LogP contribution is 2.38. The first-order chi connectivity index (χ1) is 14.7. The summed E-state index contributed by atoms with van der Waals surface area (Å²) in [6, 6.07) is 14.2. The molecular formula is C23H27N3O3S. The number of nitrogens with zero attached hydrogens (tertiary/aromatic N) is 2. The smallest absolute Gasteiger partial charge is 0.234 e. The fourth-order valence-corrected chi connectivity index (χ4v) is 5.00. The normalized spacial score (nSPS) is 16.7. The minimum atomic E-state index is 0.0514. The van der Waals surface area contributed by atoms with Crippen LogP contribution in [0.3, 0.4) is 0 Å². The topological polar surface area (TPSA) is 63.7 Å². The molecule has 1 N–H and O–H groups in total. The number of amides is 1. The van der Waals surface area contributed by atoms with Crippen molar-refractivity contribution < 1.29 is 14.3 Å². The first-order valence-corrected chi connectivity index (χ1v) is 11.1. The molecule has 1 fully saturated rings. The maximum atomic E-state index is 12.6. The number of benzene rings is 2. The number of ether oxygens (including phenoxy) is 2. The van der Waals surface area contributed by atoms with Gasteiger partial charge in [-0.05, 0) is 37.6 Å². The van der Waals surface area contributed by atoms with Crippen molar-refractivity contribution in [3.63, 3.8) is 0 Å². The number of hydrogen-bond donors (Lipinski definition) is 1. The molecule has 158 valence electrons. The molecule has 1 aliphatic heterocycles. The predicted octanol–water partition coefficient (Wildman–Crippen LogP) is 3.81. The SMILES string of the molecule is COc1ccc(C2CCCN2CC(=O)NCCc2nc3ccccc3s2)c(OC)c1. The average molecular weight is 426 g/mol. The Balaban J connectivity index is 1.33. The van der Waals surface area contributed by atoms with E-state index < -0.39 is 0 Å². The zero-order chi connectivity index (χ0) is 20.9. The molecule has 1 saturated heterocycles. The largest absolute Gasteiger partial charge is 0.497 e. The Morgan fingerprint density at radius 3 is 2.90 bits per heavy atom. The Hall–Kier alpha value is -2.64. The van der Waals surface area contributed by atoms with E-state index in [4.69, 9.17) is 9.47 Å². The quantitative estimate of drug-likeness (QED) is 0.595. The molecule has 1 aromatic heterocycles. The van der Waals surface area contributed by atoms with E-state index in [1.165, 1.54) is 4.70 Å². The molecule has 1 atom stereocenters. The summed E-state index contributed by atoms with van der Waals surface area (Å²) in [5.74, 6) is 1.63. The lowest BCUT2D eigenvalue weighted by Gasteiger charge is -2.25. The molecule has 1 unspecified atom stereocenters. The van der Waals surface area contributed by atoms with Gasteiger partial charge >= 0.3 is 0 Å². The summed E-state index contributed by atoms with van der Waals surface area (Å²) in [5.41, 5.74) is 2.13. The molecule has 4 rings (SSSR count). The van der Waals surface area contributed by atoms with Gasteiger partial charge in [0.25, 0.3) is 0 Å². The van der Waals surface area contributed by atoms with E-state index in [2.05, 4.69) is 21.3 Å². The Morgan fingerprint density at radius 1 is 1.23 bits per heavy atom. The van der Waals surface area contributed by atoms with Crippen LogP contribution in [0.4, 0.5) is 0 Å². The van der Waals surface area contributed by atoms with Gasteiger partial charge in [-0.15, -0.1) is 11.3 Å². The van der Waals surface area contributed by atoms with Crippen molar-refractivity contribution in [1.82, 2.24) is 15.2 Å². The molecule has 2 heterocycles. The van der Waals surface area contributed by atoms with Crippen LogP contribution in [0, 0.1) is 0 Å². The number of thiazole rings is 1. The number of carbonyl (C=O) groups is 1. The van der Waals surface area contributed by atoms with E-state index >= 15 is 0 Å². The van der Waals surface area contributed by atoms with Crippen LogP contribution >= 0.6 is 11.3 Å². The van der Waals surface area contributed by atoms with Crippen LogP contribution in [0.1, 0.15) is 29.5 Å². The number of nitrogens with one attached hydrogen (secondary N) is 1. The summed E-state index contributed by atoms with van der Waals surface area (Å²) in [6.45, 7) is 1.90. The van der Waals surface area contributed by atoms with Crippen molar-refractivity contribution >= 4 is 27.5 Å². The zero-order valence-electron chi connectivity index (χ0n) is 17.4. The van der Waals surface area contributed by atoms with E-state index in [1.807, 2.05) is 36.4 Å². The van der Waals surface area contributed by atoms with Crippen LogP contribution in [-0.4, -0.2) is 49.6 Å². The summed E-state index contributed by atoms with van der Waals surface area (Å²) < 4.78 is 12.1. The lowest BCUT2D eigenvalue weighted by atomic mass is 10.0. The lowest BCUT2D eigenvalue weighted by Crippen LogP contribution is -2.37. The number of fused-ring (bicyclic) bond motifs is 1. The number of likely N-dealkylation sites (tertiary alicyclic amines) is 1. The van der Waals surface area contributed by atoms with Crippen LogP contribution in [0.2, 0.25) is 0 Å². The average Bonchev–Trinajstić information content (AvgIpc) is 3.39. The molecule has 0 spiro atoms. The standard InChI is InChI=1S/C23H27N3O3S/c1-28-16-9-10-17(20(14-16)29-2)19-7-5-13-26(19)15-22(27)24-12-11-23-25-18-6-3-4-8-21(18)30-23/h3-4,6,8-10,14,19H,5,7,11-13,15H2,1-2H3,(H,24,27). The van der Waals surface area contributed by atoms with E-state index in [0.29, 0.717) is 13.1 Å². The highest BCUT2D eigenvalue weighted by atomic mass is 32.1. The first-order valence-electron chi connectivity index (χ1n) is 10.2. The molecule has 6 nitrogen and oxygen atoms in total. The van der Waals surface area contributed by atoms with Gasteiger partial charge in [0, 0.05) is 30.6 Å². The molecule has 3 aromatic rings. The second-order valence-corrected chi connectivity index (χ2v) is 8.53. The van der Waals surface area contributed by atoms with E-state index in [1.54, 1.807) is 25.6 Å². The second-order valence-electron chi connectivity index (χ2n) is 7.41. The van der Waals surface area contributed by atoms with Gasteiger partial charge in [0.15, 0.2) is 0 Å². The third-order valence-electron chi connectivity index (χ3n) is 5.51. The molecule has 0 saturated carbocycles. The third kappa shape index (κ3) is 4.57. The first kappa shape index (κ1) is 20.6. The van der Waals surface area contributed by atoms with Crippen LogP contribution in [0.25, 0.3) is 10.2 Å². The van der Waals surface area contributed by atoms with Crippen molar-refractivity contribution in [3.05, 3.63) is 53.0 Å². The summed E-state index contributed by atoms with van der Waals surface area (Å²) in [5, 5.41) is 4.11. The molecule has 7 heteroatoms. The van der Waals surface area contributed by atoms with Crippen molar-refractivity contribution in [3.8, 4) is 11.5 Å². The number of methoxy groups -OCH3 is 2. The molecular weight excluding hydrogens is 398 g/mol. The number of para-hydroxylation sites is 1. The summed E-state index contributed by atoms with van der Waals surface area (Å²) in [7, 11) is 3.32. The molecule has 30 heavy (non-hydrogen) atoms. The molecule has 1 aliphatic rings. The predicted molar refractivity (Wildman–Crippen MR) is 119 cm³/mol. The molecule has 2 aromatic carbocycles. The Bertz CT molecular complexity index is 987. The molecule has 1 amide bonds. The van der Waals surface area contributed by atoms with Crippen LogP contribution in [0.5, 0.6) is 11.5 Å². The molecule has 0 bridgehead atoms. The summed E-state index contributed by atoms with van der Waals surface area (Å²) in [4.78, 5) is 19.4. The monoisotopic (exact) mass is 425 g/mol. The number of carbonyl (C=O) groups excluding carboxylic acids is 1. The van der Waals surface area contributed by atoms with Crippen LogP contribution in [-0.2, 0) is 11.2 Å². The van der Waals surface area contributed by atoms with Gasteiger partial charge in [0.2, 0.25) is 5.91 Å². The lowest BCUT2D eigenvalue weighted by molar-refractivity contribution is -0.122. The minimum Gasteiger partial charge on any atom is -0.497 e. The van der Waals surface area contributed by atoms with Crippen molar-refractivity contribution in [2.75, 3.05) is 33.9 Å². The summed E-state index contributed by atoms with van der Waals surface area (Å²) in [6.07, 6.45) is 2.83. The molecule has 0 aliphatic carbocycles. The van der Waals surface area contributed by atoms with E-state index in [0.717, 1.165) is 53.4 Å². The highest BCUT2D eigenvalue weighted by Gasteiger charge is 2.29. The van der Waals surface area contributed by atoms with Crippen LogP contribution < -0.4 is 14.8 Å². The van der Waals surface area contributed by atoms with Crippen LogP contribution in [0.15, 0.2) is 42.5 Å². The van der Waals surface area contributed by atoms with Gasteiger partial charge in [-0.2, -0.15) is 0 Å². The summed E-state index contributed by atoms with van der Waals surface area (Å²) >= 11 is 1.69. The van der Waals surface area contributed by atoms with Gasteiger partial charge in [0.05, 0.1) is 36.0 Å². The van der Waals surface area contributed by atoms with Gasteiger partial charge in [-0.1, -0.05) is 18.2 Å².